The zero-order valence-corrected chi connectivity index (χ0v) is 18.5. The monoisotopic (exact) mass is 408 g/mol. The maximum Gasteiger partial charge on any atom is 0.127 e. The molecule has 0 amide bonds. The smallest absolute Gasteiger partial charge is 0.127 e. The largest absolute Gasteiger partial charge is 0.326 e. The van der Waals surface area contributed by atoms with Gasteiger partial charge in [-0.2, -0.15) is 0 Å². The molecular formula is C27H28N2Si. The molecule has 0 saturated heterocycles. The van der Waals surface area contributed by atoms with Gasteiger partial charge >= 0.3 is 0 Å². The van der Waals surface area contributed by atoms with Crippen LogP contribution in [-0.2, 0) is 11.6 Å². The molecule has 3 heteroatoms. The molecule has 4 rings (SSSR count). The number of aryl methyl sites for hydroxylation is 1. The first kappa shape index (κ1) is 20.4. The zero-order valence-electron chi connectivity index (χ0n) is 17.5. The minimum Gasteiger partial charge on any atom is -0.326 e. The van der Waals surface area contributed by atoms with E-state index in [9.17, 15) is 0 Å². The normalized spacial score (nSPS) is 11.5. The molecule has 0 atom stereocenters. The second-order valence-corrected chi connectivity index (χ2v) is 9.25. The molecule has 0 aliphatic carbocycles. The van der Waals surface area contributed by atoms with Crippen molar-refractivity contribution in [2.24, 2.45) is 0 Å². The summed E-state index contributed by atoms with van der Waals surface area (Å²) >= 11 is 0. The van der Waals surface area contributed by atoms with E-state index >= 15 is 0 Å². The van der Waals surface area contributed by atoms with E-state index in [-0.39, 0.29) is 5.16 Å². The van der Waals surface area contributed by atoms with Crippen LogP contribution in [0.15, 0.2) is 104 Å². The van der Waals surface area contributed by atoms with Crippen LogP contribution in [0, 0.1) is 0 Å². The van der Waals surface area contributed by atoms with Crippen molar-refractivity contribution in [2.45, 2.75) is 37.8 Å². The third-order valence-corrected chi connectivity index (χ3v) is 7.39. The lowest BCUT2D eigenvalue weighted by Gasteiger charge is -2.36. The van der Waals surface area contributed by atoms with Crippen LogP contribution in [-0.4, -0.2) is 19.1 Å². The lowest BCUT2D eigenvalue weighted by Crippen LogP contribution is -2.46. The highest BCUT2D eigenvalue weighted by atomic mass is 28.2. The molecule has 1 heterocycles. The van der Waals surface area contributed by atoms with Crippen molar-refractivity contribution >= 4 is 14.7 Å². The molecule has 0 bridgehead atoms. The fourth-order valence-electron chi connectivity index (χ4n) is 4.08. The summed E-state index contributed by atoms with van der Waals surface area (Å²) in [6.07, 6.45) is 10.9. The summed E-state index contributed by atoms with van der Waals surface area (Å²) in [5.74, 6) is 0. The van der Waals surface area contributed by atoms with Crippen LogP contribution in [0.5, 0.6) is 0 Å². The summed E-state index contributed by atoms with van der Waals surface area (Å²) in [5, 5.41) is 1.06. The van der Waals surface area contributed by atoms with Crippen LogP contribution in [0.2, 0.25) is 0 Å². The second kappa shape index (κ2) is 9.73. The van der Waals surface area contributed by atoms with E-state index < -0.39 is 0 Å². The summed E-state index contributed by atoms with van der Waals surface area (Å²) in [7, 11) is 0.540. The summed E-state index contributed by atoms with van der Waals surface area (Å²) in [5.41, 5.74) is 4.00. The van der Waals surface area contributed by atoms with Crippen molar-refractivity contribution in [1.82, 2.24) is 9.55 Å². The molecule has 0 aliphatic heterocycles. The Morgan fingerprint density at radius 1 is 0.833 bits per heavy atom. The Hall–Kier alpha value is -2.91. The average Bonchev–Trinajstić information content (AvgIpc) is 3.35. The number of rotatable bonds is 9. The van der Waals surface area contributed by atoms with Crippen molar-refractivity contribution in [2.75, 3.05) is 0 Å². The molecule has 0 saturated carbocycles. The van der Waals surface area contributed by atoms with Crippen LogP contribution in [0.25, 0.3) is 0 Å². The quantitative estimate of drug-likeness (QED) is 0.268. The molecule has 3 aromatic carbocycles. The second-order valence-electron chi connectivity index (χ2n) is 7.69. The lowest BCUT2D eigenvalue weighted by atomic mass is 9.97. The molecule has 0 spiro atoms. The number of hydrogen-bond acceptors (Lipinski definition) is 1. The van der Waals surface area contributed by atoms with Gasteiger partial charge in [0.15, 0.2) is 0 Å². The number of imidazole rings is 1. The van der Waals surface area contributed by atoms with Gasteiger partial charge in [0, 0.05) is 12.4 Å². The van der Waals surface area contributed by atoms with Crippen LogP contribution in [0.3, 0.4) is 0 Å². The van der Waals surface area contributed by atoms with Crippen LogP contribution < -0.4 is 5.19 Å². The summed E-state index contributed by atoms with van der Waals surface area (Å²) in [6.45, 7) is 2.26. The SMILES string of the molecule is CCCCCc1cccc([Si]C(c2ccccc2)(c2ccccc2)n2ccnc2)c1. The van der Waals surface area contributed by atoms with E-state index in [2.05, 4.69) is 108 Å². The number of aromatic nitrogens is 2. The third-order valence-electron chi connectivity index (χ3n) is 5.60. The Morgan fingerprint density at radius 3 is 2.13 bits per heavy atom. The maximum atomic E-state index is 4.42. The molecule has 2 radical (unpaired) electrons. The topological polar surface area (TPSA) is 17.8 Å². The van der Waals surface area contributed by atoms with Gasteiger partial charge < -0.3 is 4.57 Å². The maximum absolute atomic E-state index is 4.42. The molecule has 0 aliphatic rings. The van der Waals surface area contributed by atoms with Crippen LogP contribution >= 0.6 is 0 Å². The van der Waals surface area contributed by atoms with Gasteiger partial charge in [-0.1, -0.05) is 110 Å². The van der Waals surface area contributed by atoms with Crippen LogP contribution in [0.1, 0.15) is 42.9 Å². The van der Waals surface area contributed by atoms with Gasteiger partial charge in [-0.3, -0.25) is 0 Å². The first-order valence-corrected chi connectivity index (χ1v) is 11.8. The van der Waals surface area contributed by atoms with Crippen LogP contribution in [0.4, 0.5) is 0 Å². The number of unbranched alkanes of at least 4 members (excludes halogenated alkanes) is 2. The highest BCUT2D eigenvalue weighted by Gasteiger charge is 2.37. The predicted molar refractivity (Wildman–Crippen MR) is 126 cm³/mol. The van der Waals surface area contributed by atoms with Gasteiger partial charge in [-0.15, -0.1) is 0 Å². The van der Waals surface area contributed by atoms with E-state index in [0.717, 1.165) is 6.42 Å². The Morgan fingerprint density at radius 2 is 1.53 bits per heavy atom. The van der Waals surface area contributed by atoms with Gasteiger partial charge in [0.2, 0.25) is 0 Å². The van der Waals surface area contributed by atoms with Crippen molar-refractivity contribution in [3.05, 3.63) is 120 Å². The molecule has 4 aromatic rings. The highest BCUT2D eigenvalue weighted by molar-refractivity contribution is 6.57. The molecule has 150 valence electrons. The minimum atomic E-state index is -0.318. The average molecular weight is 409 g/mol. The van der Waals surface area contributed by atoms with E-state index in [0.29, 0.717) is 9.52 Å². The first-order chi connectivity index (χ1) is 14.8. The fourth-order valence-corrected chi connectivity index (χ4v) is 5.82. The van der Waals surface area contributed by atoms with Gasteiger partial charge in [-0.05, 0) is 29.5 Å². The van der Waals surface area contributed by atoms with Gasteiger partial charge in [-0.25, -0.2) is 4.98 Å². The third kappa shape index (κ3) is 4.31. The fraction of sp³-hybridized carbons (Fsp3) is 0.222. The Balaban J connectivity index is 1.82. The molecule has 2 nitrogen and oxygen atoms in total. The van der Waals surface area contributed by atoms with Crippen molar-refractivity contribution in [3.63, 3.8) is 0 Å². The molecule has 0 N–H and O–H groups in total. The van der Waals surface area contributed by atoms with E-state index in [1.807, 2.05) is 12.5 Å². The standard InChI is InChI=1S/C27H28N2Si/c1-2-3-6-12-23-13-11-18-26(21-23)30-27(29-20-19-28-22-29,24-14-7-4-8-15-24)25-16-9-5-10-17-25/h4-5,7-11,13-22H,2-3,6,12H2,1H3. The minimum absolute atomic E-state index is 0.318. The Labute approximate surface area is 182 Å². The number of hydrogen-bond donors (Lipinski definition) is 0. The lowest BCUT2D eigenvalue weighted by molar-refractivity contribution is 0.596. The number of nitrogens with zero attached hydrogens (tertiary/aromatic N) is 2. The Bertz CT molecular complexity index is 987. The summed E-state index contributed by atoms with van der Waals surface area (Å²) in [6, 6.07) is 30.9. The van der Waals surface area contributed by atoms with E-state index in [4.69, 9.17) is 0 Å². The first-order valence-electron chi connectivity index (χ1n) is 10.8. The van der Waals surface area contributed by atoms with E-state index in [1.165, 1.54) is 41.1 Å². The Kier molecular flexibility index (Phi) is 6.60. The molecular weight excluding hydrogens is 380 g/mol. The van der Waals surface area contributed by atoms with Gasteiger partial charge in [0.25, 0.3) is 0 Å². The van der Waals surface area contributed by atoms with Crippen molar-refractivity contribution in [3.8, 4) is 0 Å². The highest BCUT2D eigenvalue weighted by Crippen LogP contribution is 2.33. The molecule has 1 aromatic heterocycles. The molecule has 30 heavy (non-hydrogen) atoms. The zero-order chi connectivity index (χ0) is 20.7. The van der Waals surface area contributed by atoms with E-state index in [1.54, 1.807) is 0 Å². The van der Waals surface area contributed by atoms with Gasteiger partial charge in [0.05, 0.1) is 11.5 Å². The van der Waals surface area contributed by atoms with Crippen molar-refractivity contribution in [1.29, 1.82) is 0 Å². The predicted octanol–water partition coefficient (Wildman–Crippen LogP) is 5.39. The van der Waals surface area contributed by atoms with Crippen molar-refractivity contribution < 1.29 is 0 Å². The molecule has 0 unspecified atom stereocenters. The summed E-state index contributed by atoms with van der Waals surface area (Å²) < 4.78 is 2.28. The summed E-state index contributed by atoms with van der Waals surface area (Å²) in [4.78, 5) is 4.42. The number of benzene rings is 3. The van der Waals surface area contributed by atoms with Gasteiger partial charge in [0.1, 0.15) is 9.52 Å². The molecule has 0 fully saturated rings.